The second-order valence-corrected chi connectivity index (χ2v) is 8.10. The molecule has 1 aliphatic rings. The molecule has 3 rings (SSSR count). The molecule has 0 aliphatic heterocycles. The Bertz CT molecular complexity index is 968. The summed E-state index contributed by atoms with van der Waals surface area (Å²) in [4.78, 5) is 41.2. The first-order valence-electron chi connectivity index (χ1n) is 9.51. The molecule has 8 nitrogen and oxygen atoms in total. The number of aryl methyl sites for hydroxylation is 1. The van der Waals surface area contributed by atoms with Gasteiger partial charge in [0, 0.05) is 14.1 Å². The van der Waals surface area contributed by atoms with Crippen LogP contribution in [0.3, 0.4) is 0 Å². The van der Waals surface area contributed by atoms with E-state index in [0.717, 1.165) is 23.8 Å². The number of hydrogen-bond acceptors (Lipinski definition) is 5. The Kier molecular flexibility index (Phi) is 5.26. The third-order valence-corrected chi connectivity index (χ3v) is 5.76. The molecular formula is C19H28N4O4. The summed E-state index contributed by atoms with van der Waals surface area (Å²) in [6.45, 7) is 6.41. The van der Waals surface area contributed by atoms with Crippen molar-refractivity contribution in [2.24, 2.45) is 31.8 Å². The average molecular weight is 376 g/mol. The van der Waals surface area contributed by atoms with E-state index in [-0.39, 0.29) is 29.8 Å². The summed E-state index contributed by atoms with van der Waals surface area (Å²) in [6.07, 6.45) is 4.41. The maximum Gasteiger partial charge on any atom is 0.332 e. The molecule has 8 heteroatoms. The van der Waals surface area contributed by atoms with Gasteiger partial charge in [-0.1, -0.05) is 27.2 Å². The lowest BCUT2D eigenvalue weighted by molar-refractivity contribution is -0.156. The maximum absolute atomic E-state index is 12.6. The Morgan fingerprint density at radius 1 is 1.26 bits per heavy atom. The highest BCUT2D eigenvalue weighted by Gasteiger charge is 2.33. The van der Waals surface area contributed by atoms with E-state index in [4.69, 9.17) is 4.74 Å². The van der Waals surface area contributed by atoms with E-state index < -0.39 is 11.2 Å². The number of rotatable bonds is 4. The molecule has 27 heavy (non-hydrogen) atoms. The van der Waals surface area contributed by atoms with E-state index in [2.05, 4.69) is 25.8 Å². The maximum atomic E-state index is 12.6. The van der Waals surface area contributed by atoms with Gasteiger partial charge >= 0.3 is 11.7 Å². The standard InChI is InChI=1S/C19H28N4O4/c1-11(2)13-7-6-12(3)8-14(13)27-15(24)9-23-10-20-17-16(23)18(25)22(5)19(26)21(17)4/h10-14H,6-9H2,1-5H3/t12-,13+,14-/m0/s1. The zero-order chi connectivity index (χ0) is 19.9. The summed E-state index contributed by atoms with van der Waals surface area (Å²) in [5.41, 5.74) is -0.419. The minimum absolute atomic E-state index is 0.0942. The molecule has 0 bridgehead atoms. The predicted molar refractivity (Wildman–Crippen MR) is 101 cm³/mol. The van der Waals surface area contributed by atoms with Gasteiger partial charge in [-0.15, -0.1) is 0 Å². The molecule has 1 fully saturated rings. The molecule has 0 spiro atoms. The Balaban J connectivity index is 1.84. The van der Waals surface area contributed by atoms with Crippen LogP contribution in [0.4, 0.5) is 0 Å². The summed E-state index contributed by atoms with van der Waals surface area (Å²) in [7, 11) is 2.97. The van der Waals surface area contributed by atoms with Gasteiger partial charge in [-0.3, -0.25) is 18.7 Å². The SMILES string of the molecule is CC(C)[C@H]1CC[C@H](C)C[C@@H]1OC(=O)Cn1cnc2c1c(=O)n(C)c(=O)n2C. The Hall–Kier alpha value is -2.38. The molecule has 0 aromatic carbocycles. The quantitative estimate of drug-likeness (QED) is 0.754. The zero-order valence-corrected chi connectivity index (χ0v) is 16.6. The number of imidazole rings is 1. The van der Waals surface area contributed by atoms with E-state index in [1.165, 1.54) is 22.5 Å². The van der Waals surface area contributed by atoms with Crippen LogP contribution in [-0.2, 0) is 30.2 Å². The van der Waals surface area contributed by atoms with Crippen molar-refractivity contribution in [3.8, 4) is 0 Å². The van der Waals surface area contributed by atoms with Crippen LogP contribution >= 0.6 is 0 Å². The first-order chi connectivity index (χ1) is 12.7. The number of fused-ring (bicyclic) bond motifs is 1. The molecule has 2 aromatic rings. The van der Waals surface area contributed by atoms with Gasteiger partial charge in [-0.25, -0.2) is 9.78 Å². The Labute approximate surface area is 157 Å². The van der Waals surface area contributed by atoms with Gasteiger partial charge in [-0.05, 0) is 30.6 Å². The number of ether oxygens (including phenoxy) is 1. The van der Waals surface area contributed by atoms with Crippen LogP contribution in [-0.4, -0.2) is 30.8 Å². The van der Waals surface area contributed by atoms with Crippen LogP contribution < -0.4 is 11.2 Å². The fourth-order valence-corrected chi connectivity index (χ4v) is 4.11. The predicted octanol–water partition coefficient (Wildman–Crippen LogP) is 1.44. The molecule has 2 aromatic heterocycles. The van der Waals surface area contributed by atoms with Crippen LogP contribution in [0.1, 0.15) is 40.0 Å². The van der Waals surface area contributed by atoms with Crippen molar-refractivity contribution < 1.29 is 9.53 Å². The molecule has 1 aliphatic carbocycles. The number of nitrogens with zero attached hydrogens (tertiary/aromatic N) is 4. The largest absolute Gasteiger partial charge is 0.461 e. The first-order valence-corrected chi connectivity index (χ1v) is 9.51. The van der Waals surface area contributed by atoms with E-state index >= 15 is 0 Å². The van der Waals surface area contributed by atoms with Crippen molar-refractivity contribution in [3.05, 3.63) is 27.2 Å². The molecular weight excluding hydrogens is 348 g/mol. The van der Waals surface area contributed by atoms with Gasteiger partial charge in [0.1, 0.15) is 12.6 Å². The zero-order valence-electron chi connectivity index (χ0n) is 16.6. The normalized spacial score (nSPS) is 23.1. The lowest BCUT2D eigenvalue weighted by Crippen LogP contribution is -2.38. The van der Waals surface area contributed by atoms with E-state index in [1.807, 2.05) is 0 Å². The highest BCUT2D eigenvalue weighted by molar-refractivity contribution is 5.75. The molecule has 2 heterocycles. The van der Waals surface area contributed by atoms with Gasteiger partial charge in [0.2, 0.25) is 0 Å². The summed E-state index contributed by atoms with van der Waals surface area (Å²) >= 11 is 0. The fraction of sp³-hybridized carbons (Fsp3) is 0.684. The van der Waals surface area contributed by atoms with Crippen molar-refractivity contribution in [2.75, 3.05) is 0 Å². The van der Waals surface area contributed by atoms with Crippen molar-refractivity contribution in [1.29, 1.82) is 0 Å². The van der Waals surface area contributed by atoms with Crippen molar-refractivity contribution in [1.82, 2.24) is 18.7 Å². The third-order valence-electron chi connectivity index (χ3n) is 5.76. The van der Waals surface area contributed by atoms with Gasteiger partial charge in [-0.2, -0.15) is 0 Å². The van der Waals surface area contributed by atoms with Crippen LogP contribution in [0.2, 0.25) is 0 Å². The van der Waals surface area contributed by atoms with Crippen LogP contribution in [0, 0.1) is 17.8 Å². The van der Waals surface area contributed by atoms with Gasteiger partial charge in [0.05, 0.1) is 6.33 Å². The number of carbonyl (C=O) groups excluding carboxylic acids is 1. The minimum Gasteiger partial charge on any atom is -0.461 e. The number of aromatic nitrogens is 4. The third kappa shape index (κ3) is 3.57. The van der Waals surface area contributed by atoms with Crippen LogP contribution in [0.15, 0.2) is 15.9 Å². The number of hydrogen-bond donors (Lipinski definition) is 0. The second kappa shape index (κ2) is 7.32. The van der Waals surface area contributed by atoms with Crippen molar-refractivity contribution in [2.45, 2.75) is 52.7 Å². The Morgan fingerprint density at radius 2 is 1.96 bits per heavy atom. The number of esters is 1. The van der Waals surface area contributed by atoms with E-state index in [1.54, 1.807) is 7.05 Å². The Morgan fingerprint density at radius 3 is 2.63 bits per heavy atom. The van der Waals surface area contributed by atoms with Crippen LogP contribution in [0.5, 0.6) is 0 Å². The average Bonchev–Trinajstić information content (AvgIpc) is 3.01. The van der Waals surface area contributed by atoms with Crippen LogP contribution in [0.25, 0.3) is 11.2 Å². The second-order valence-electron chi connectivity index (χ2n) is 8.10. The summed E-state index contributed by atoms with van der Waals surface area (Å²) < 4.78 is 9.60. The van der Waals surface area contributed by atoms with Crippen molar-refractivity contribution >= 4 is 17.1 Å². The first kappa shape index (κ1) is 19.4. The summed E-state index contributed by atoms with van der Waals surface area (Å²) in [6, 6.07) is 0. The molecule has 148 valence electrons. The van der Waals surface area contributed by atoms with Gasteiger partial charge < -0.3 is 9.30 Å². The van der Waals surface area contributed by atoms with E-state index in [9.17, 15) is 14.4 Å². The topological polar surface area (TPSA) is 88.1 Å². The molecule has 0 saturated heterocycles. The van der Waals surface area contributed by atoms with Gasteiger partial charge in [0.15, 0.2) is 11.2 Å². The lowest BCUT2D eigenvalue weighted by Gasteiger charge is -2.36. The molecule has 3 atom stereocenters. The summed E-state index contributed by atoms with van der Waals surface area (Å²) in [5.74, 6) is 0.966. The molecule has 1 saturated carbocycles. The van der Waals surface area contributed by atoms with Gasteiger partial charge in [0.25, 0.3) is 5.56 Å². The smallest absolute Gasteiger partial charge is 0.332 e. The highest BCUT2D eigenvalue weighted by atomic mass is 16.5. The molecule has 0 amide bonds. The molecule has 0 radical (unpaired) electrons. The van der Waals surface area contributed by atoms with Crippen molar-refractivity contribution in [3.63, 3.8) is 0 Å². The van der Waals surface area contributed by atoms with E-state index in [0.29, 0.717) is 17.8 Å². The fourth-order valence-electron chi connectivity index (χ4n) is 4.11. The molecule has 0 unspecified atom stereocenters. The highest BCUT2D eigenvalue weighted by Crippen LogP contribution is 2.35. The number of carbonyl (C=O) groups is 1. The lowest BCUT2D eigenvalue weighted by atomic mass is 9.75. The summed E-state index contributed by atoms with van der Waals surface area (Å²) in [5, 5.41) is 0. The monoisotopic (exact) mass is 376 g/mol. The molecule has 0 N–H and O–H groups in total. The minimum atomic E-state index is -0.468.